The minimum absolute atomic E-state index is 0.0800. The molecule has 0 heterocycles. The number of benzene rings is 2. The fourth-order valence-corrected chi connectivity index (χ4v) is 2.96. The topological polar surface area (TPSA) is 66.4 Å². The summed E-state index contributed by atoms with van der Waals surface area (Å²) in [4.78, 5) is 24.0. The van der Waals surface area contributed by atoms with Gasteiger partial charge in [-0.1, -0.05) is 54.6 Å². The Bertz CT molecular complexity index is 696. The molecule has 2 aromatic rings. The Morgan fingerprint density at radius 1 is 1.14 bits per heavy atom. The summed E-state index contributed by atoms with van der Waals surface area (Å²) in [5.74, 6) is -1.61. The van der Waals surface area contributed by atoms with Crippen molar-refractivity contribution in [3.63, 3.8) is 0 Å². The van der Waals surface area contributed by atoms with Crippen LogP contribution in [0.1, 0.15) is 21.5 Å². The van der Waals surface area contributed by atoms with Crippen molar-refractivity contribution in [2.24, 2.45) is 5.92 Å². The monoisotopic (exact) mass is 295 g/mol. The summed E-state index contributed by atoms with van der Waals surface area (Å²) in [5, 5.41) is 12.5. The highest BCUT2D eigenvalue weighted by Gasteiger charge is 2.39. The third-order valence-corrected chi connectivity index (χ3v) is 4.10. The first-order chi connectivity index (χ1) is 10.7. The number of carboxylic acids is 1. The molecule has 1 aliphatic rings. The van der Waals surface area contributed by atoms with Crippen molar-refractivity contribution in [2.45, 2.75) is 19.0 Å². The number of nitrogens with one attached hydrogen (secondary N) is 1. The maximum absolute atomic E-state index is 12.5. The van der Waals surface area contributed by atoms with E-state index in [0.29, 0.717) is 18.5 Å². The molecule has 0 saturated carbocycles. The van der Waals surface area contributed by atoms with Crippen molar-refractivity contribution in [2.75, 3.05) is 0 Å². The second kappa shape index (κ2) is 6.12. The van der Waals surface area contributed by atoms with Crippen LogP contribution in [0, 0.1) is 5.92 Å². The Morgan fingerprint density at radius 3 is 2.50 bits per heavy atom. The van der Waals surface area contributed by atoms with Crippen LogP contribution in [0.15, 0.2) is 54.6 Å². The molecule has 0 amide bonds. The van der Waals surface area contributed by atoms with E-state index in [2.05, 4.69) is 5.32 Å². The molecule has 2 atom stereocenters. The first-order valence-electron chi connectivity index (χ1n) is 7.29. The maximum atomic E-state index is 12.5. The number of hydrogen-bond acceptors (Lipinski definition) is 3. The van der Waals surface area contributed by atoms with Gasteiger partial charge in [-0.15, -0.1) is 0 Å². The zero-order chi connectivity index (χ0) is 15.5. The Balaban J connectivity index is 1.76. The first-order valence-corrected chi connectivity index (χ1v) is 7.29. The quantitative estimate of drug-likeness (QED) is 0.888. The molecule has 0 radical (unpaired) electrons. The molecule has 2 aromatic carbocycles. The fourth-order valence-electron chi connectivity index (χ4n) is 2.96. The molecule has 2 N–H and O–H groups in total. The van der Waals surface area contributed by atoms with Crippen LogP contribution in [-0.4, -0.2) is 22.9 Å². The SMILES string of the molecule is O=C(O)[C@@H](NCc1ccccc1)[C@H]1Cc2ccccc2C1=O. The molecule has 0 unspecified atom stereocenters. The number of ketones is 1. The van der Waals surface area contributed by atoms with Gasteiger partial charge in [0.1, 0.15) is 6.04 Å². The van der Waals surface area contributed by atoms with Gasteiger partial charge in [0, 0.05) is 12.1 Å². The zero-order valence-electron chi connectivity index (χ0n) is 12.0. The summed E-state index contributed by atoms with van der Waals surface area (Å²) in [6.45, 7) is 0.429. The molecule has 0 fully saturated rings. The third kappa shape index (κ3) is 2.78. The molecule has 22 heavy (non-hydrogen) atoms. The number of aliphatic carboxylic acids is 1. The lowest BCUT2D eigenvalue weighted by molar-refractivity contribution is -0.140. The summed E-state index contributed by atoms with van der Waals surface area (Å²) in [7, 11) is 0. The number of carbonyl (C=O) groups excluding carboxylic acids is 1. The van der Waals surface area contributed by atoms with Crippen LogP contribution in [-0.2, 0) is 17.8 Å². The lowest BCUT2D eigenvalue weighted by Crippen LogP contribution is -2.44. The smallest absolute Gasteiger partial charge is 0.321 e. The minimum atomic E-state index is -0.984. The highest BCUT2D eigenvalue weighted by Crippen LogP contribution is 2.29. The number of carbonyl (C=O) groups is 2. The van der Waals surface area contributed by atoms with Gasteiger partial charge in [-0.05, 0) is 17.5 Å². The molecule has 4 nitrogen and oxygen atoms in total. The van der Waals surface area contributed by atoms with Crippen molar-refractivity contribution in [1.82, 2.24) is 5.32 Å². The van der Waals surface area contributed by atoms with Crippen LogP contribution in [0.25, 0.3) is 0 Å². The lowest BCUT2D eigenvalue weighted by Gasteiger charge is -2.19. The van der Waals surface area contributed by atoms with Crippen LogP contribution in [0.2, 0.25) is 0 Å². The molecule has 3 rings (SSSR count). The normalized spacial score (nSPS) is 18.0. The van der Waals surface area contributed by atoms with E-state index in [4.69, 9.17) is 0 Å². The molecule has 1 aliphatic carbocycles. The zero-order valence-corrected chi connectivity index (χ0v) is 12.0. The number of Topliss-reactive ketones (excluding diaryl/α,β-unsaturated/α-hetero) is 1. The molecule has 0 saturated heterocycles. The van der Waals surface area contributed by atoms with Crippen LogP contribution >= 0.6 is 0 Å². The van der Waals surface area contributed by atoms with Crippen LogP contribution in [0.3, 0.4) is 0 Å². The van der Waals surface area contributed by atoms with Gasteiger partial charge in [-0.25, -0.2) is 0 Å². The second-order valence-corrected chi connectivity index (χ2v) is 5.51. The Labute approximate surface area is 128 Å². The van der Waals surface area contributed by atoms with Crippen molar-refractivity contribution in [1.29, 1.82) is 0 Å². The third-order valence-electron chi connectivity index (χ3n) is 4.10. The van der Waals surface area contributed by atoms with E-state index in [1.54, 1.807) is 6.07 Å². The fraction of sp³-hybridized carbons (Fsp3) is 0.222. The summed E-state index contributed by atoms with van der Waals surface area (Å²) in [6, 6.07) is 16.1. The number of rotatable bonds is 5. The van der Waals surface area contributed by atoms with E-state index in [9.17, 15) is 14.7 Å². The standard InChI is InChI=1S/C18H17NO3/c20-17-14-9-5-4-8-13(14)10-15(17)16(18(21)22)19-11-12-6-2-1-3-7-12/h1-9,15-16,19H,10-11H2,(H,21,22)/t15-,16+/m1/s1. The van der Waals surface area contributed by atoms with Crippen LogP contribution < -0.4 is 5.32 Å². The van der Waals surface area contributed by atoms with E-state index < -0.39 is 17.9 Å². The van der Waals surface area contributed by atoms with Gasteiger partial charge in [0.15, 0.2) is 5.78 Å². The van der Waals surface area contributed by atoms with Crippen molar-refractivity contribution in [3.05, 3.63) is 71.3 Å². The molecular formula is C18H17NO3. The van der Waals surface area contributed by atoms with Gasteiger partial charge in [0.25, 0.3) is 0 Å². The molecule has 0 aromatic heterocycles. The number of hydrogen-bond donors (Lipinski definition) is 2. The largest absolute Gasteiger partial charge is 0.480 e. The molecular weight excluding hydrogens is 278 g/mol. The van der Waals surface area contributed by atoms with Gasteiger partial charge in [0.05, 0.1) is 5.92 Å². The number of fused-ring (bicyclic) bond motifs is 1. The Hall–Kier alpha value is -2.46. The van der Waals surface area contributed by atoms with E-state index in [1.165, 1.54) is 0 Å². The maximum Gasteiger partial charge on any atom is 0.321 e. The van der Waals surface area contributed by atoms with Gasteiger partial charge >= 0.3 is 5.97 Å². The highest BCUT2D eigenvalue weighted by atomic mass is 16.4. The van der Waals surface area contributed by atoms with Gasteiger partial charge in [0.2, 0.25) is 0 Å². The van der Waals surface area contributed by atoms with Crippen molar-refractivity contribution >= 4 is 11.8 Å². The predicted molar refractivity (Wildman–Crippen MR) is 82.7 cm³/mol. The molecule has 112 valence electrons. The Kier molecular flexibility index (Phi) is 4.02. The molecule has 4 heteroatoms. The predicted octanol–water partition coefficient (Wildman–Crippen LogP) is 2.28. The average Bonchev–Trinajstić information content (AvgIpc) is 2.86. The van der Waals surface area contributed by atoms with Crippen LogP contribution in [0.4, 0.5) is 0 Å². The van der Waals surface area contributed by atoms with E-state index in [0.717, 1.165) is 11.1 Å². The highest BCUT2D eigenvalue weighted by molar-refractivity contribution is 6.04. The minimum Gasteiger partial charge on any atom is -0.480 e. The lowest BCUT2D eigenvalue weighted by atomic mass is 9.95. The molecule has 0 aliphatic heterocycles. The second-order valence-electron chi connectivity index (χ2n) is 5.51. The summed E-state index contributed by atoms with van der Waals surface area (Å²) in [6.07, 6.45) is 0.480. The van der Waals surface area contributed by atoms with E-state index in [-0.39, 0.29) is 5.78 Å². The summed E-state index contributed by atoms with van der Waals surface area (Å²) >= 11 is 0. The van der Waals surface area contributed by atoms with Crippen molar-refractivity contribution in [3.8, 4) is 0 Å². The van der Waals surface area contributed by atoms with E-state index >= 15 is 0 Å². The molecule has 0 spiro atoms. The average molecular weight is 295 g/mol. The Morgan fingerprint density at radius 2 is 1.82 bits per heavy atom. The van der Waals surface area contributed by atoms with E-state index in [1.807, 2.05) is 48.5 Å². The summed E-state index contributed by atoms with van der Waals surface area (Å²) < 4.78 is 0. The number of carboxylic acid groups (broad SMARTS) is 1. The van der Waals surface area contributed by atoms with Gasteiger partial charge < -0.3 is 5.11 Å². The summed E-state index contributed by atoms with van der Waals surface area (Å²) in [5.41, 5.74) is 2.59. The van der Waals surface area contributed by atoms with Gasteiger partial charge in [-0.2, -0.15) is 0 Å². The van der Waals surface area contributed by atoms with Crippen LogP contribution in [0.5, 0.6) is 0 Å². The van der Waals surface area contributed by atoms with Gasteiger partial charge in [-0.3, -0.25) is 14.9 Å². The molecule has 0 bridgehead atoms. The first kappa shape index (κ1) is 14.5. The van der Waals surface area contributed by atoms with Crippen molar-refractivity contribution < 1.29 is 14.7 Å².